The van der Waals surface area contributed by atoms with Gasteiger partial charge in [-0.05, 0) is 42.8 Å². The molecular weight excluding hydrogens is 478 g/mol. The molecule has 5 rings (SSSR count). The van der Waals surface area contributed by atoms with E-state index in [0.29, 0.717) is 29.6 Å². The van der Waals surface area contributed by atoms with Gasteiger partial charge in [-0.1, -0.05) is 64.0 Å². The smallest absolute Gasteiger partial charge is 0.260 e. The first-order valence-corrected chi connectivity index (χ1v) is 11.4. The molecule has 1 amide bonds. The van der Waals surface area contributed by atoms with Crippen molar-refractivity contribution in [3.8, 4) is 0 Å². The normalized spacial score (nSPS) is 12.8. The Labute approximate surface area is 201 Å². The lowest BCUT2D eigenvalue weighted by Crippen LogP contribution is -2.30. The van der Waals surface area contributed by atoms with E-state index in [-0.39, 0.29) is 5.91 Å². The van der Waals surface area contributed by atoms with Gasteiger partial charge in [0.15, 0.2) is 5.82 Å². The Hall–Kier alpha value is -3.71. The highest BCUT2D eigenvalue weighted by atomic mass is 79.9. The molecule has 0 unspecified atom stereocenters. The van der Waals surface area contributed by atoms with Gasteiger partial charge >= 0.3 is 0 Å². The molecule has 164 valence electrons. The van der Waals surface area contributed by atoms with Crippen LogP contribution in [-0.4, -0.2) is 22.9 Å². The molecule has 0 spiro atoms. The zero-order valence-corrected chi connectivity index (χ0v) is 19.9. The first kappa shape index (κ1) is 21.2. The minimum Gasteiger partial charge on any atom is -0.327 e. The van der Waals surface area contributed by atoms with Gasteiger partial charge in [0.25, 0.3) is 5.91 Å². The highest BCUT2D eigenvalue weighted by molar-refractivity contribution is 9.10. The summed E-state index contributed by atoms with van der Waals surface area (Å²) in [7, 11) is 1.93. The van der Waals surface area contributed by atoms with Crippen molar-refractivity contribution in [3.05, 3.63) is 100 Å². The number of carbonyl (C=O) groups excluding carboxylic acids is 1. The van der Waals surface area contributed by atoms with Crippen LogP contribution in [0, 0.1) is 6.92 Å². The molecule has 2 heterocycles. The number of anilines is 5. The van der Waals surface area contributed by atoms with E-state index in [2.05, 4.69) is 45.3 Å². The average molecular weight is 500 g/mol. The molecule has 1 aliphatic heterocycles. The van der Waals surface area contributed by atoms with E-state index in [0.717, 1.165) is 21.4 Å². The maximum absolute atomic E-state index is 13.7. The highest BCUT2D eigenvalue weighted by Gasteiger charge is 2.31. The second-order valence-corrected chi connectivity index (χ2v) is 8.91. The molecule has 4 aromatic rings. The van der Waals surface area contributed by atoms with E-state index >= 15 is 0 Å². The highest BCUT2D eigenvalue weighted by Crippen LogP contribution is 2.39. The second-order valence-electron chi connectivity index (χ2n) is 7.99. The lowest BCUT2D eigenvalue weighted by molar-refractivity contribution is 0.0986. The molecule has 1 aromatic heterocycles. The first-order chi connectivity index (χ1) is 16.0. The van der Waals surface area contributed by atoms with Crippen LogP contribution in [0.3, 0.4) is 0 Å². The second kappa shape index (κ2) is 8.67. The standard InChI is InChI=1S/C26H22BrN5O/c1-17-10-12-18(13-11-17)16-32-23-15-28-26(29-20-7-5-6-19(27)14-20)30-24(23)31(2)22-9-4-3-8-21(22)25(32)33/h3-15H,16H2,1-2H3,(H,28,29,30). The van der Waals surface area contributed by atoms with Gasteiger partial charge in [-0.25, -0.2) is 4.98 Å². The summed E-state index contributed by atoms with van der Waals surface area (Å²) in [5.41, 5.74) is 5.19. The number of fused-ring (bicyclic) bond motifs is 2. The summed E-state index contributed by atoms with van der Waals surface area (Å²) in [5, 5.41) is 3.26. The van der Waals surface area contributed by atoms with Crippen LogP contribution < -0.4 is 15.1 Å². The molecule has 6 nitrogen and oxygen atoms in total. The van der Waals surface area contributed by atoms with Crippen molar-refractivity contribution in [2.24, 2.45) is 0 Å². The van der Waals surface area contributed by atoms with Gasteiger partial charge in [-0.3, -0.25) is 9.69 Å². The molecule has 1 aliphatic rings. The molecule has 0 aliphatic carbocycles. The van der Waals surface area contributed by atoms with Gasteiger partial charge in [-0.15, -0.1) is 0 Å². The van der Waals surface area contributed by atoms with Gasteiger partial charge in [0.1, 0.15) is 5.69 Å². The SMILES string of the molecule is Cc1ccc(CN2C(=O)c3ccccc3N(C)c3nc(Nc4cccc(Br)c4)ncc32)cc1. The summed E-state index contributed by atoms with van der Waals surface area (Å²) in [6.45, 7) is 2.48. The van der Waals surface area contributed by atoms with E-state index in [1.807, 2.05) is 72.6 Å². The minimum absolute atomic E-state index is 0.0759. The van der Waals surface area contributed by atoms with Gasteiger partial charge in [0, 0.05) is 17.2 Å². The molecule has 0 atom stereocenters. The van der Waals surface area contributed by atoms with Crippen LogP contribution in [0.2, 0.25) is 0 Å². The average Bonchev–Trinajstić information content (AvgIpc) is 2.90. The van der Waals surface area contributed by atoms with Crippen LogP contribution >= 0.6 is 15.9 Å². The van der Waals surface area contributed by atoms with Crippen LogP contribution in [0.4, 0.5) is 28.8 Å². The number of carbonyl (C=O) groups is 1. The fraction of sp³-hybridized carbons (Fsp3) is 0.115. The number of aromatic nitrogens is 2. The Balaban J connectivity index is 1.60. The number of nitrogens with one attached hydrogen (secondary N) is 1. The summed E-state index contributed by atoms with van der Waals surface area (Å²) in [4.78, 5) is 26.7. The van der Waals surface area contributed by atoms with Crippen LogP contribution in [0.15, 0.2) is 83.5 Å². The van der Waals surface area contributed by atoms with Crippen molar-refractivity contribution in [2.75, 3.05) is 22.2 Å². The number of para-hydroxylation sites is 1. The Morgan fingerprint density at radius 1 is 0.970 bits per heavy atom. The van der Waals surface area contributed by atoms with Crippen molar-refractivity contribution < 1.29 is 4.79 Å². The molecule has 0 fully saturated rings. The van der Waals surface area contributed by atoms with Gasteiger partial charge in [-0.2, -0.15) is 4.98 Å². The molecular formula is C26H22BrN5O. The van der Waals surface area contributed by atoms with Crippen LogP contribution in [0.5, 0.6) is 0 Å². The number of aryl methyl sites for hydroxylation is 1. The van der Waals surface area contributed by atoms with E-state index in [4.69, 9.17) is 4.98 Å². The Morgan fingerprint density at radius 3 is 2.55 bits per heavy atom. The van der Waals surface area contributed by atoms with Gasteiger partial charge in [0.05, 0.1) is 24.0 Å². The zero-order chi connectivity index (χ0) is 22.9. The molecule has 0 radical (unpaired) electrons. The number of hydrogen-bond acceptors (Lipinski definition) is 5. The largest absolute Gasteiger partial charge is 0.327 e. The van der Waals surface area contributed by atoms with Gasteiger partial charge < -0.3 is 10.2 Å². The third kappa shape index (κ3) is 4.19. The lowest BCUT2D eigenvalue weighted by atomic mass is 10.1. The number of amides is 1. The van der Waals surface area contributed by atoms with E-state index in [1.165, 1.54) is 5.56 Å². The molecule has 0 bridgehead atoms. The maximum atomic E-state index is 13.7. The van der Waals surface area contributed by atoms with Crippen molar-refractivity contribution in [3.63, 3.8) is 0 Å². The summed E-state index contributed by atoms with van der Waals surface area (Å²) < 4.78 is 0.961. The lowest BCUT2D eigenvalue weighted by Gasteiger charge is -2.24. The van der Waals surface area contributed by atoms with E-state index < -0.39 is 0 Å². The fourth-order valence-corrected chi connectivity index (χ4v) is 4.31. The van der Waals surface area contributed by atoms with Gasteiger partial charge in [0.2, 0.25) is 5.95 Å². The molecule has 0 saturated heterocycles. The van der Waals surface area contributed by atoms with Crippen molar-refractivity contribution >= 4 is 50.7 Å². The van der Waals surface area contributed by atoms with Crippen LogP contribution in [0.1, 0.15) is 21.5 Å². The molecule has 3 aromatic carbocycles. The summed E-state index contributed by atoms with van der Waals surface area (Å²) in [6.07, 6.45) is 1.72. The van der Waals surface area contributed by atoms with Crippen LogP contribution in [0.25, 0.3) is 0 Å². The molecule has 1 N–H and O–H groups in total. The summed E-state index contributed by atoms with van der Waals surface area (Å²) in [5.74, 6) is 1.04. The predicted octanol–water partition coefficient (Wildman–Crippen LogP) is 6.22. The third-order valence-electron chi connectivity index (χ3n) is 5.64. The summed E-state index contributed by atoms with van der Waals surface area (Å²) >= 11 is 3.49. The predicted molar refractivity (Wildman–Crippen MR) is 136 cm³/mol. The number of rotatable bonds is 4. The van der Waals surface area contributed by atoms with Crippen molar-refractivity contribution in [1.82, 2.24) is 9.97 Å². The first-order valence-electron chi connectivity index (χ1n) is 10.6. The monoisotopic (exact) mass is 499 g/mol. The Kier molecular flexibility index (Phi) is 5.56. The fourth-order valence-electron chi connectivity index (χ4n) is 3.91. The summed E-state index contributed by atoms with van der Waals surface area (Å²) in [6, 6.07) is 23.6. The third-order valence-corrected chi connectivity index (χ3v) is 6.13. The number of nitrogens with zero attached hydrogens (tertiary/aromatic N) is 4. The van der Waals surface area contributed by atoms with E-state index in [9.17, 15) is 4.79 Å². The van der Waals surface area contributed by atoms with E-state index in [1.54, 1.807) is 11.1 Å². The molecule has 33 heavy (non-hydrogen) atoms. The molecule has 0 saturated carbocycles. The number of benzene rings is 3. The van der Waals surface area contributed by atoms with Crippen LogP contribution in [-0.2, 0) is 6.54 Å². The molecule has 7 heteroatoms. The minimum atomic E-state index is -0.0759. The Morgan fingerprint density at radius 2 is 1.76 bits per heavy atom. The quantitative estimate of drug-likeness (QED) is 0.361. The maximum Gasteiger partial charge on any atom is 0.260 e. The number of halogens is 1. The van der Waals surface area contributed by atoms with Crippen molar-refractivity contribution in [1.29, 1.82) is 0 Å². The topological polar surface area (TPSA) is 61.4 Å². The number of hydrogen-bond donors (Lipinski definition) is 1. The Bertz CT molecular complexity index is 1340. The zero-order valence-electron chi connectivity index (χ0n) is 18.3. The van der Waals surface area contributed by atoms with Crippen molar-refractivity contribution in [2.45, 2.75) is 13.5 Å².